The van der Waals surface area contributed by atoms with Crippen LogP contribution >= 0.6 is 23.2 Å². The number of aliphatic hydroxyl groups is 1. The fourth-order valence-corrected chi connectivity index (χ4v) is 2.28. The van der Waals surface area contributed by atoms with Crippen LogP contribution in [0.25, 0.3) is 0 Å². The van der Waals surface area contributed by atoms with Crippen LogP contribution in [0.15, 0.2) is 18.2 Å². The van der Waals surface area contributed by atoms with E-state index in [-0.39, 0.29) is 17.9 Å². The zero-order valence-electron chi connectivity index (χ0n) is 11.8. The molecule has 1 aromatic rings. The molecule has 0 bridgehead atoms. The maximum absolute atomic E-state index is 11.9. The van der Waals surface area contributed by atoms with Crippen molar-refractivity contribution in [2.45, 2.75) is 32.9 Å². The average Bonchev–Trinajstić information content (AvgIpc) is 2.33. The van der Waals surface area contributed by atoms with E-state index >= 15 is 0 Å². The van der Waals surface area contributed by atoms with Gasteiger partial charge in [0.2, 0.25) is 5.91 Å². The van der Waals surface area contributed by atoms with Crippen molar-refractivity contribution in [1.82, 2.24) is 5.32 Å². The molecule has 0 aliphatic rings. The smallest absolute Gasteiger partial charge is 0.237 e. The van der Waals surface area contributed by atoms with Crippen molar-refractivity contribution in [3.63, 3.8) is 0 Å². The number of nitrogens with one attached hydrogen (secondary N) is 1. The summed E-state index contributed by atoms with van der Waals surface area (Å²) in [6.45, 7) is 5.63. The zero-order valence-corrected chi connectivity index (χ0v) is 13.3. The lowest BCUT2D eigenvalue weighted by Crippen LogP contribution is -2.49. The van der Waals surface area contributed by atoms with Crippen LogP contribution in [0.2, 0.25) is 10.0 Å². The van der Waals surface area contributed by atoms with E-state index in [9.17, 15) is 9.90 Å². The number of hydrogen-bond acceptors (Lipinski definition) is 3. The monoisotopic (exact) mass is 318 g/mol. The Morgan fingerprint density at radius 1 is 1.35 bits per heavy atom. The molecular weight excluding hydrogens is 299 g/mol. The highest BCUT2D eigenvalue weighted by atomic mass is 35.5. The van der Waals surface area contributed by atoms with Gasteiger partial charge in [0.15, 0.2) is 0 Å². The van der Waals surface area contributed by atoms with Gasteiger partial charge in [0.1, 0.15) is 0 Å². The maximum Gasteiger partial charge on any atom is 0.237 e. The SMILES string of the molecule is CC(C)(C)[C@H](N)C(=O)NCC(O)c1c(Cl)cccc1Cl. The highest BCUT2D eigenvalue weighted by Gasteiger charge is 2.28. The minimum absolute atomic E-state index is 0.00602. The zero-order chi connectivity index (χ0) is 15.5. The standard InChI is InChI=1S/C14H20Cl2N2O2/c1-14(2,3)12(17)13(20)18-7-10(19)11-8(15)5-4-6-9(11)16/h4-6,10,12,19H,7,17H2,1-3H3,(H,18,20)/t10?,12-/m1/s1. The molecule has 4 nitrogen and oxygen atoms in total. The molecular formula is C14H20Cl2N2O2. The maximum atomic E-state index is 11.9. The van der Waals surface area contributed by atoms with Crippen molar-refractivity contribution in [3.05, 3.63) is 33.8 Å². The van der Waals surface area contributed by atoms with Crippen LogP contribution in [0.1, 0.15) is 32.4 Å². The van der Waals surface area contributed by atoms with Gasteiger partial charge in [-0.25, -0.2) is 0 Å². The van der Waals surface area contributed by atoms with Crippen LogP contribution < -0.4 is 11.1 Å². The first-order valence-electron chi connectivity index (χ1n) is 6.30. The summed E-state index contributed by atoms with van der Waals surface area (Å²) in [5.41, 5.74) is 5.89. The van der Waals surface area contributed by atoms with Gasteiger partial charge in [0.25, 0.3) is 0 Å². The van der Waals surface area contributed by atoms with Crippen molar-refractivity contribution in [2.24, 2.45) is 11.1 Å². The predicted octanol–water partition coefficient (Wildman–Crippen LogP) is 2.52. The molecule has 0 aliphatic carbocycles. The fraction of sp³-hybridized carbons (Fsp3) is 0.500. The Balaban J connectivity index is 2.69. The molecule has 0 saturated heterocycles. The molecule has 112 valence electrons. The third-order valence-corrected chi connectivity index (χ3v) is 3.68. The summed E-state index contributed by atoms with van der Waals surface area (Å²) in [6, 6.07) is 4.30. The van der Waals surface area contributed by atoms with Crippen LogP contribution in [0.3, 0.4) is 0 Å². The van der Waals surface area contributed by atoms with Gasteiger partial charge in [-0.3, -0.25) is 4.79 Å². The van der Waals surface area contributed by atoms with Crippen molar-refractivity contribution in [1.29, 1.82) is 0 Å². The number of carbonyl (C=O) groups excluding carboxylic acids is 1. The van der Waals surface area contributed by atoms with Gasteiger partial charge in [-0.05, 0) is 17.5 Å². The topological polar surface area (TPSA) is 75.4 Å². The fourth-order valence-electron chi connectivity index (χ4n) is 1.63. The van der Waals surface area contributed by atoms with E-state index in [0.717, 1.165) is 0 Å². The van der Waals surface area contributed by atoms with Gasteiger partial charge >= 0.3 is 0 Å². The van der Waals surface area contributed by atoms with E-state index in [1.165, 1.54) is 0 Å². The average molecular weight is 319 g/mol. The van der Waals surface area contributed by atoms with Gasteiger partial charge in [-0.15, -0.1) is 0 Å². The van der Waals surface area contributed by atoms with Gasteiger partial charge in [0, 0.05) is 22.2 Å². The number of hydrogen-bond donors (Lipinski definition) is 3. The van der Waals surface area contributed by atoms with E-state index < -0.39 is 12.1 Å². The van der Waals surface area contributed by atoms with E-state index in [1.807, 2.05) is 20.8 Å². The van der Waals surface area contributed by atoms with E-state index in [0.29, 0.717) is 15.6 Å². The molecule has 0 fully saturated rings. The third kappa shape index (κ3) is 4.35. The minimum atomic E-state index is -0.979. The number of nitrogens with two attached hydrogens (primary N) is 1. The summed E-state index contributed by atoms with van der Waals surface area (Å²) in [7, 11) is 0. The second-order valence-electron chi connectivity index (χ2n) is 5.74. The third-order valence-electron chi connectivity index (χ3n) is 3.02. The summed E-state index contributed by atoms with van der Waals surface area (Å²) in [4.78, 5) is 11.9. The van der Waals surface area contributed by atoms with Gasteiger partial charge in [-0.2, -0.15) is 0 Å². The molecule has 0 aliphatic heterocycles. The van der Waals surface area contributed by atoms with Crippen molar-refractivity contribution in [3.8, 4) is 0 Å². The summed E-state index contributed by atoms with van der Waals surface area (Å²) in [5, 5.41) is 13.4. The number of carbonyl (C=O) groups is 1. The molecule has 1 rings (SSSR count). The van der Waals surface area contributed by atoms with Gasteiger partial charge in [-0.1, -0.05) is 50.0 Å². The molecule has 4 N–H and O–H groups in total. The molecule has 0 aromatic heterocycles. The van der Waals surface area contributed by atoms with Crippen molar-refractivity contribution >= 4 is 29.1 Å². The Bertz CT molecular complexity index is 466. The van der Waals surface area contributed by atoms with Crippen LogP contribution in [-0.2, 0) is 4.79 Å². The minimum Gasteiger partial charge on any atom is -0.386 e. The number of halogens is 2. The Hall–Kier alpha value is -0.810. The Morgan fingerprint density at radius 2 is 1.85 bits per heavy atom. The van der Waals surface area contributed by atoms with Crippen LogP contribution in [-0.4, -0.2) is 23.6 Å². The largest absolute Gasteiger partial charge is 0.386 e. The second-order valence-corrected chi connectivity index (χ2v) is 6.55. The molecule has 2 atom stereocenters. The van der Waals surface area contributed by atoms with E-state index in [4.69, 9.17) is 28.9 Å². The first kappa shape index (κ1) is 17.2. The first-order valence-corrected chi connectivity index (χ1v) is 7.05. The number of benzene rings is 1. The Kier molecular flexibility index (Phi) is 5.83. The molecule has 1 aromatic carbocycles. The lowest BCUT2D eigenvalue weighted by Gasteiger charge is -2.26. The molecule has 6 heteroatoms. The van der Waals surface area contributed by atoms with E-state index in [2.05, 4.69) is 5.32 Å². The molecule has 1 amide bonds. The lowest BCUT2D eigenvalue weighted by molar-refractivity contribution is -0.125. The number of rotatable bonds is 4. The quantitative estimate of drug-likeness (QED) is 0.798. The summed E-state index contributed by atoms with van der Waals surface area (Å²) < 4.78 is 0. The molecule has 0 heterocycles. The normalized spacial score (nSPS) is 14.8. The van der Waals surface area contributed by atoms with Gasteiger partial charge < -0.3 is 16.2 Å². The van der Waals surface area contributed by atoms with Crippen molar-refractivity contribution < 1.29 is 9.90 Å². The molecule has 0 saturated carbocycles. The Morgan fingerprint density at radius 3 is 2.30 bits per heavy atom. The highest BCUT2D eigenvalue weighted by molar-refractivity contribution is 6.36. The molecule has 20 heavy (non-hydrogen) atoms. The van der Waals surface area contributed by atoms with Crippen LogP contribution in [0, 0.1) is 5.41 Å². The first-order chi connectivity index (χ1) is 9.14. The van der Waals surface area contributed by atoms with Crippen molar-refractivity contribution in [2.75, 3.05) is 6.54 Å². The molecule has 1 unspecified atom stereocenters. The predicted molar refractivity (Wildman–Crippen MR) is 81.9 cm³/mol. The second kappa shape index (κ2) is 6.76. The van der Waals surface area contributed by atoms with Crippen LogP contribution in [0.4, 0.5) is 0 Å². The Labute approximate surface area is 129 Å². The summed E-state index contributed by atoms with van der Waals surface area (Å²) in [6.07, 6.45) is -0.979. The summed E-state index contributed by atoms with van der Waals surface area (Å²) in [5.74, 6) is -0.320. The summed E-state index contributed by atoms with van der Waals surface area (Å²) >= 11 is 12.0. The lowest BCUT2D eigenvalue weighted by atomic mass is 9.87. The molecule has 0 radical (unpaired) electrons. The molecule has 0 spiro atoms. The van der Waals surface area contributed by atoms with Crippen LogP contribution in [0.5, 0.6) is 0 Å². The number of amides is 1. The highest BCUT2D eigenvalue weighted by Crippen LogP contribution is 2.29. The number of aliphatic hydroxyl groups excluding tert-OH is 1. The van der Waals surface area contributed by atoms with E-state index in [1.54, 1.807) is 18.2 Å². The van der Waals surface area contributed by atoms with Gasteiger partial charge in [0.05, 0.1) is 12.1 Å².